The van der Waals surface area contributed by atoms with E-state index in [-0.39, 0.29) is 5.91 Å². The number of hydrogen-bond donors (Lipinski definition) is 1. The standard InChI is InChI=1S/C16H18N2OS/c1-10-4-3-5-12(8-10)15(19)18-16-17-13-7-6-11(2)9-14(13)20-16/h3-5,8,11H,6-7,9H2,1-2H3,(H,17,18,19)/t11-/m0/s1. The van der Waals surface area contributed by atoms with Gasteiger partial charge < -0.3 is 0 Å². The minimum absolute atomic E-state index is 0.0761. The van der Waals surface area contributed by atoms with Crippen LogP contribution in [-0.2, 0) is 12.8 Å². The van der Waals surface area contributed by atoms with Gasteiger partial charge in [0.1, 0.15) is 0 Å². The second kappa shape index (κ2) is 5.37. The van der Waals surface area contributed by atoms with E-state index in [1.54, 1.807) is 11.3 Å². The van der Waals surface area contributed by atoms with Crippen molar-refractivity contribution in [2.45, 2.75) is 33.1 Å². The Morgan fingerprint density at radius 1 is 1.45 bits per heavy atom. The van der Waals surface area contributed by atoms with Gasteiger partial charge in [-0.25, -0.2) is 4.98 Å². The van der Waals surface area contributed by atoms with Crippen molar-refractivity contribution in [2.75, 3.05) is 5.32 Å². The third-order valence-electron chi connectivity index (χ3n) is 3.69. The number of aryl methyl sites for hydroxylation is 2. The Labute approximate surface area is 123 Å². The fourth-order valence-electron chi connectivity index (χ4n) is 2.55. The predicted octanol–water partition coefficient (Wildman–Crippen LogP) is 3.83. The molecule has 0 radical (unpaired) electrons. The molecule has 0 saturated heterocycles. The zero-order chi connectivity index (χ0) is 14.1. The van der Waals surface area contributed by atoms with E-state index < -0.39 is 0 Å². The number of amides is 1. The van der Waals surface area contributed by atoms with Crippen molar-refractivity contribution in [3.05, 3.63) is 46.0 Å². The van der Waals surface area contributed by atoms with Crippen molar-refractivity contribution >= 4 is 22.4 Å². The highest BCUT2D eigenvalue weighted by atomic mass is 32.1. The molecule has 1 heterocycles. The number of nitrogens with one attached hydrogen (secondary N) is 1. The lowest BCUT2D eigenvalue weighted by atomic mass is 9.93. The summed E-state index contributed by atoms with van der Waals surface area (Å²) >= 11 is 1.62. The summed E-state index contributed by atoms with van der Waals surface area (Å²) in [7, 11) is 0. The van der Waals surface area contributed by atoms with Crippen molar-refractivity contribution in [3.63, 3.8) is 0 Å². The van der Waals surface area contributed by atoms with Gasteiger partial charge in [-0.1, -0.05) is 24.6 Å². The monoisotopic (exact) mass is 286 g/mol. The molecule has 1 aromatic carbocycles. The number of aromatic nitrogens is 1. The maximum absolute atomic E-state index is 12.2. The molecule has 0 bridgehead atoms. The molecule has 20 heavy (non-hydrogen) atoms. The molecule has 1 aromatic heterocycles. The van der Waals surface area contributed by atoms with E-state index in [4.69, 9.17) is 0 Å². The van der Waals surface area contributed by atoms with Gasteiger partial charge in [-0.3, -0.25) is 10.1 Å². The summed E-state index contributed by atoms with van der Waals surface area (Å²) in [4.78, 5) is 18.1. The Balaban J connectivity index is 1.77. The Bertz CT molecular complexity index is 648. The van der Waals surface area contributed by atoms with Crippen LogP contribution in [0.5, 0.6) is 0 Å². The molecule has 104 valence electrons. The van der Waals surface area contributed by atoms with E-state index in [1.165, 1.54) is 17.0 Å². The highest BCUT2D eigenvalue weighted by molar-refractivity contribution is 7.15. The molecule has 1 atom stereocenters. The topological polar surface area (TPSA) is 42.0 Å². The van der Waals surface area contributed by atoms with Crippen molar-refractivity contribution in [2.24, 2.45) is 5.92 Å². The van der Waals surface area contributed by atoms with E-state index in [2.05, 4.69) is 17.2 Å². The van der Waals surface area contributed by atoms with Crippen molar-refractivity contribution < 1.29 is 4.79 Å². The molecule has 0 saturated carbocycles. The molecule has 4 heteroatoms. The van der Waals surface area contributed by atoms with Gasteiger partial charge in [0.2, 0.25) is 0 Å². The van der Waals surface area contributed by atoms with E-state index in [0.29, 0.717) is 5.56 Å². The molecule has 3 nitrogen and oxygen atoms in total. The smallest absolute Gasteiger partial charge is 0.257 e. The van der Waals surface area contributed by atoms with E-state index >= 15 is 0 Å². The fraction of sp³-hybridized carbons (Fsp3) is 0.375. The highest BCUT2D eigenvalue weighted by Gasteiger charge is 2.20. The fourth-order valence-corrected chi connectivity index (χ4v) is 3.72. The number of carbonyl (C=O) groups is 1. The zero-order valence-electron chi connectivity index (χ0n) is 11.8. The van der Waals surface area contributed by atoms with Crippen LogP contribution in [0, 0.1) is 12.8 Å². The summed E-state index contributed by atoms with van der Waals surface area (Å²) in [6.45, 7) is 4.26. The third-order valence-corrected chi connectivity index (χ3v) is 4.72. The number of rotatable bonds is 2. The Morgan fingerprint density at radius 3 is 3.10 bits per heavy atom. The average Bonchev–Trinajstić information content (AvgIpc) is 2.80. The van der Waals surface area contributed by atoms with E-state index in [1.807, 2.05) is 31.2 Å². The van der Waals surface area contributed by atoms with Gasteiger partial charge in [0.05, 0.1) is 5.69 Å². The van der Waals surface area contributed by atoms with E-state index in [0.717, 1.165) is 29.5 Å². The van der Waals surface area contributed by atoms with Gasteiger partial charge in [0.25, 0.3) is 5.91 Å². The van der Waals surface area contributed by atoms with Gasteiger partial charge in [-0.15, -0.1) is 11.3 Å². The molecular weight excluding hydrogens is 268 g/mol. The lowest BCUT2D eigenvalue weighted by molar-refractivity contribution is 0.102. The van der Waals surface area contributed by atoms with Gasteiger partial charge in [0, 0.05) is 10.4 Å². The second-order valence-corrected chi connectivity index (χ2v) is 6.64. The lowest BCUT2D eigenvalue weighted by Crippen LogP contribution is -2.12. The van der Waals surface area contributed by atoms with Crippen LogP contribution in [0.1, 0.15) is 39.8 Å². The van der Waals surface area contributed by atoms with Crippen LogP contribution in [-0.4, -0.2) is 10.9 Å². The second-order valence-electron chi connectivity index (χ2n) is 5.56. The van der Waals surface area contributed by atoms with Gasteiger partial charge >= 0.3 is 0 Å². The zero-order valence-corrected chi connectivity index (χ0v) is 12.6. The van der Waals surface area contributed by atoms with Crippen LogP contribution in [0.4, 0.5) is 5.13 Å². The number of thiazole rings is 1. The van der Waals surface area contributed by atoms with Gasteiger partial charge in [-0.05, 0) is 44.2 Å². The van der Waals surface area contributed by atoms with Crippen LogP contribution >= 0.6 is 11.3 Å². The first kappa shape index (κ1) is 13.3. The third kappa shape index (κ3) is 2.75. The molecule has 0 aliphatic heterocycles. The summed E-state index contributed by atoms with van der Waals surface area (Å²) in [5, 5.41) is 3.66. The molecule has 1 aliphatic rings. The van der Waals surface area contributed by atoms with Gasteiger partial charge in [0.15, 0.2) is 5.13 Å². The molecule has 3 rings (SSSR count). The lowest BCUT2D eigenvalue weighted by Gasteiger charge is -2.15. The molecular formula is C16H18N2OS. The van der Waals surface area contributed by atoms with Crippen LogP contribution in [0.3, 0.4) is 0 Å². The summed E-state index contributed by atoms with van der Waals surface area (Å²) in [5.74, 6) is 0.649. The predicted molar refractivity (Wildman–Crippen MR) is 82.4 cm³/mol. The SMILES string of the molecule is Cc1cccc(C(=O)Nc2nc3c(s2)C[C@@H](C)CC3)c1. The largest absolute Gasteiger partial charge is 0.298 e. The number of fused-ring (bicyclic) bond motifs is 1. The number of anilines is 1. The minimum atomic E-state index is -0.0761. The molecule has 0 spiro atoms. The van der Waals surface area contributed by atoms with E-state index in [9.17, 15) is 4.79 Å². The summed E-state index contributed by atoms with van der Waals surface area (Å²) in [6, 6.07) is 7.61. The van der Waals surface area contributed by atoms with Crippen LogP contribution in [0.2, 0.25) is 0 Å². The van der Waals surface area contributed by atoms with Crippen LogP contribution < -0.4 is 5.32 Å². The normalized spacial score (nSPS) is 17.6. The highest BCUT2D eigenvalue weighted by Crippen LogP contribution is 2.32. The van der Waals surface area contributed by atoms with Crippen molar-refractivity contribution in [1.29, 1.82) is 0 Å². The van der Waals surface area contributed by atoms with Crippen molar-refractivity contribution in [1.82, 2.24) is 4.98 Å². The summed E-state index contributed by atoms with van der Waals surface area (Å²) < 4.78 is 0. The molecule has 2 aromatic rings. The molecule has 1 aliphatic carbocycles. The first-order valence-electron chi connectivity index (χ1n) is 6.98. The molecule has 1 amide bonds. The Hall–Kier alpha value is -1.68. The summed E-state index contributed by atoms with van der Waals surface area (Å²) in [6.07, 6.45) is 3.32. The maximum atomic E-state index is 12.2. The number of hydrogen-bond acceptors (Lipinski definition) is 3. The van der Waals surface area contributed by atoms with Crippen LogP contribution in [0.25, 0.3) is 0 Å². The summed E-state index contributed by atoms with van der Waals surface area (Å²) in [5.41, 5.74) is 2.95. The Morgan fingerprint density at radius 2 is 2.30 bits per heavy atom. The minimum Gasteiger partial charge on any atom is -0.298 e. The number of benzene rings is 1. The van der Waals surface area contributed by atoms with Crippen molar-refractivity contribution in [3.8, 4) is 0 Å². The average molecular weight is 286 g/mol. The quantitative estimate of drug-likeness (QED) is 0.911. The first-order chi connectivity index (χ1) is 9.61. The Kier molecular flexibility index (Phi) is 3.57. The maximum Gasteiger partial charge on any atom is 0.257 e. The number of carbonyl (C=O) groups excluding carboxylic acids is 1. The molecule has 0 fully saturated rings. The molecule has 1 N–H and O–H groups in total. The first-order valence-corrected chi connectivity index (χ1v) is 7.80. The molecule has 0 unspecified atom stereocenters. The number of nitrogens with zero attached hydrogens (tertiary/aromatic N) is 1. The van der Waals surface area contributed by atoms with Crippen LogP contribution in [0.15, 0.2) is 24.3 Å². The van der Waals surface area contributed by atoms with Gasteiger partial charge in [-0.2, -0.15) is 0 Å².